The van der Waals surface area contributed by atoms with Crippen LogP contribution < -0.4 is 5.73 Å². The minimum absolute atomic E-state index is 0.239. The molecule has 27 heavy (non-hydrogen) atoms. The standard InChI is InChI=1S/C20H17ClFN5/c1-12-4-6-15(22)17(26-12)10-16(23)20-19(3-2-8-24-20)27-18-7-5-14(21)9-13(18)11-25-27/h2-9,11,16H,10,23H2,1H3/t16-/m0/s1. The highest BCUT2D eigenvalue weighted by Gasteiger charge is 2.19. The van der Waals surface area contributed by atoms with Gasteiger partial charge in [-0.2, -0.15) is 5.10 Å². The van der Waals surface area contributed by atoms with E-state index < -0.39 is 6.04 Å². The first-order valence-electron chi connectivity index (χ1n) is 8.49. The predicted octanol–water partition coefficient (Wildman–Crippen LogP) is 4.16. The van der Waals surface area contributed by atoms with Crippen LogP contribution in [-0.4, -0.2) is 19.7 Å². The summed E-state index contributed by atoms with van der Waals surface area (Å²) in [4.78, 5) is 8.72. The van der Waals surface area contributed by atoms with Crippen molar-refractivity contribution in [3.63, 3.8) is 0 Å². The summed E-state index contributed by atoms with van der Waals surface area (Å²) in [5.41, 5.74) is 9.73. The molecule has 1 atom stereocenters. The smallest absolute Gasteiger partial charge is 0.144 e. The van der Waals surface area contributed by atoms with Gasteiger partial charge in [-0.15, -0.1) is 0 Å². The Morgan fingerprint density at radius 2 is 2.07 bits per heavy atom. The quantitative estimate of drug-likeness (QED) is 0.576. The molecule has 0 saturated heterocycles. The van der Waals surface area contributed by atoms with Gasteiger partial charge in [-0.25, -0.2) is 9.07 Å². The number of benzene rings is 1. The highest BCUT2D eigenvalue weighted by molar-refractivity contribution is 6.31. The molecular formula is C20H17ClFN5. The molecule has 4 aromatic rings. The Bertz CT molecular complexity index is 1120. The number of nitrogens with two attached hydrogens (primary N) is 1. The van der Waals surface area contributed by atoms with E-state index in [9.17, 15) is 4.39 Å². The summed E-state index contributed by atoms with van der Waals surface area (Å²) < 4.78 is 15.9. The Morgan fingerprint density at radius 3 is 2.93 bits per heavy atom. The predicted molar refractivity (Wildman–Crippen MR) is 103 cm³/mol. The van der Waals surface area contributed by atoms with Gasteiger partial charge in [0.2, 0.25) is 0 Å². The van der Waals surface area contributed by atoms with Crippen molar-refractivity contribution in [2.45, 2.75) is 19.4 Å². The molecule has 0 aliphatic rings. The number of hydrogen-bond donors (Lipinski definition) is 1. The van der Waals surface area contributed by atoms with E-state index in [-0.39, 0.29) is 12.2 Å². The van der Waals surface area contributed by atoms with Crippen LogP contribution in [0, 0.1) is 12.7 Å². The number of nitrogens with zero attached hydrogens (tertiary/aromatic N) is 4. The van der Waals surface area contributed by atoms with Gasteiger partial charge < -0.3 is 5.73 Å². The van der Waals surface area contributed by atoms with E-state index in [0.29, 0.717) is 16.4 Å². The number of rotatable bonds is 4. The summed E-state index contributed by atoms with van der Waals surface area (Å²) in [6.07, 6.45) is 3.65. The fraction of sp³-hybridized carbons (Fsp3) is 0.150. The van der Waals surface area contributed by atoms with Crippen LogP contribution in [-0.2, 0) is 6.42 Å². The van der Waals surface area contributed by atoms with Crippen molar-refractivity contribution in [2.24, 2.45) is 5.73 Å². The SMILES string of the molecule is Cc1ccc(F)c(C[C@H](N)c2ncccc2-n2ncc3cc(Cl)ccc32)n1. The van der Waals surface area contributed by atoms with Gasteiger partial charge >= 0.3 is 0 Å². The number of halogens is 2. The van der Waals surface area contributed by atoms with E-state index in [0.717, 1.165) is 22.3 Å². The summed E-state index contributed by atoms with van der Waals surface area (Å²) >= 11 is 6.06. The van der Waals surface area contributed by atoms with Crippen molar-refractivity contribution in [3.05, 3.63) is 82.8 Å². The van der Waals surface area contributed by atoms with E-state index >= 15 is 0 Å². The van der Waals surface area contributed by atoms with E-state index in [1.165, 1.54) is 6.07 Å². The Balaban J connectivity index is 1.75. The van der Waals surface area contributed by atoms with Crippen molar-refractivity contribution >= 4 is 22.5 Å². The molecule has 0 aliphatic carbocycles. The van der Waals surface area contributed by atoms with Crippen LogP contribution in [0.4, 0.5) is 4.39 Å². The topological polar surface area (TPSA) is 69.6 Å². The number of hydrogen-bond acceptors (Lipinski definition) is 4. The minimum Gasteiger partial charge on any atom is -0.322 e. The van der Waals surface area contributed by atoms with E-state index in [2.05, 4.69) is 15.1 Å². The molecule has 0 aliphatic heterocycles. The molecule has 136 valence electrons. The fourth-order valence-corrected chi connectivity index (χ4v) is 3.29. The first-order valence-corrected chi connectivity index (χ1v) is 8.87. The van der Waals surface area contributed by atoms with Crippen LogP contribution in [0.25, 0.3) is 16.6 Å². The van der Waals surface area contributed by atoms with Gasteiger partial charge in [0.05, 0.1) is 34.8 Å². The maximum atomic E-state index is 14.1. The van der Waals surface area contributed by atoms with Crippen molar-refractivity contribution < 1.29 is 4.39 Å². The number of pyridine rings is 2. The first kappa shape index (κ1) is 17.6. The Hall–Kier alpha value is -2.83. The van der Waals surface area contributed by atoms with Crippen LogP contribution in [0.5, 0.6) is 0 Å². The summed E-state index contributed by atoms with van der Waals surface area (Å²) in [5, 5.41) is 6.02. The first-order chi connectivity index (χ1) is 13.0. The van der Waals surface area contributed by atoms with Crippen LogP contribution in [0.2, 0.25) is 5.02 Å². The second-order valence-corrected chi connectivity index (χ2v) is 6.80. The molecule has 0 amide bonds. The molecule has 0 bridgehead atoms. The highest BCUT2D eigenvalue weighted by Crippen LogP contribution is 2.26. The molecule has 0 fully saturated rings. The molecular weight excluding hydrogens is 365 g/mol. The van der Waals surface area contributed by atoms with Gasteiger partial charge in [-0.05, 0) is 49.4 Å². The fourth-order valence-electron chi connectivity index (χ4n) is 3.11. The average Bonchev–Trinajstić information content (AvgIpc) is 3.07. The molecule has 2 N–H and O–H groups in total. The zero-order chi connectivity index (χ0) is 19.0. The average molecular weight is 382 g/mol. The number of aryl methyl sites for hydroxylation is 1. The van der Waals surface area contributed by atoms with Crippen LogP contribution >= 0.6 is 11.6 Å². The lowest BCUT2D eigenvalue weighted by molar-refractivity contribution is 0.573. The maximum absolute atomic E-state index is 14.1. The van der Waals surface area contributed by atoms with Crippen LogP contribution in [0.1, 0.15) is 23.1 Å². The van der Waals surface area contributed by atoms with Gasteiger partial charge in [0.1, 0.15) is 5.82 Å². The summed E-state index contributed by atoms with van der Waals surface area (Å²) in [6.45, 7) is 1.82. The third kappa shape index (κ3) is 3.41. The van der Waals surface area contributed by atoms with Crippen molar-refractivity contribution in [1.82, 2.24) is 19.7 Å². The Labute approximate surface area is 160 Å². The monoisotopic (exact) mass is 381 g/mol. The minimum atomic E-state index is -0.531. The van der Waals surface area contributed by atoms with Crippen molar-refractivity contribution in [2.75, 3.05) is 0 Å². The van der Waals surface area contributed by atoms with E-state index in [4.69, 9.17) is 17.3 Å². The van der Waals surface area contributed by atoms with Crippen LogP contribution in [0.15, 0.2) is 54.9 Å². The molecule has 3 aromatic heterocycles. The van der Waals surface area contributed by atoms with Gasteiger partial charge in [0, 0.05) is 28.7 Å². The highest BCUT2D eigenvalue weighted by atomic mass is 35.5. The van der Waals surface area contributed by atoms with Gasteiger partial charge in [-0.1, -0.05) is 11.6 Å². The van der Waals surface area contributed by atoms with E-state index in [1.807, 2.05) is 37.3 Å². The van der Waals surface area contributed by atoms with Crippen LogP contribution in [0.3, 0.4) is 0 Å². The van der Waals surface area contributed by atoms with Gasteiger partial charge in [0.25, 0.3) is 0 Å². The lowest BCUT2D eigenvalue weighted by Crippen LogP contribution is -2.19. The molecule has 3 heterocycles. The van der Waals surface area contributed by atoms with Crippen molar-refractivity contribution in [1.29, 1.82) is 0 Å². The summed E-state index contributed by atoms with van der Waals surface area (Å²) in [7, 11) is 0. The molecule has 0 unspecified atom stereocenters. The number of aromatic nitrogens is 4. The largest absolute Gasteiger partial charge is 0.322 e. The normalized spacial score (nSPS) is 12.4. The molecule has 5 nitrogen and oxygen atoms in total. The lowest BCUT2D eigenvalue weighted by atomic mass is 10.1. The Morgan fingerprint density at radius 1 is 1.22 bits per heavy atom. The second kappa shape index (κ2) is 7.06. The van der Waals surface area contributed by atoms with Gasteiger partial charge in [0.15, 0.2) is 0 Å². The third-order valence-corrected chi connectivity index (χ3v) is 4.63. The summed E-state index contributed by atoms with van der Waals surface area (Å²) in [6, 6.07) is 11.8. The molecule has 0 spiro atoms. The molecule has 4 rings (SSSR count). The third-order valence-electron chi connectivity index (χ3n) is 4.40. The lowest BCUT2D eigenvalue weighted by Gasteiger charge is -2.16. The zero-order valence-corrected chi connectivity index (χ0v) is 15.4. The van der Waals surface area contributed by atoms with Crippen molar-refractivity contribution in [3.8, 4) is 5.69 Å². The molecule has 0 radical (unpaired) electrons. The maximum Gasteiger partial charge on any atom is 0.144 e. The zero-order valence-electron chi connectivity index (χ0n) is 14.6. The second-order valence-electron chi connectivity index (χ2n) is 6.36. The molecule has 7 heteroatoms. The van der Waals surface area contributed by atoms with Gasteiger partial charge in [-0.3, -0.25) is 9.97 Å². The number of fused-ring (bicyclic) bond motifs is 1. The molecule has 1 aromatic carbocycles. The summed E-state index contributed by atoms with van der Waals surface area (Å²) in [5.74, 6) is -0.368. The molecule has 0 saturated carbocycles. The van der Waals surface area contributed by atoms with E-state index in [1.54, 1.807) is 23.1 Å². The Kier molecular flexibility index (Phi) is 4.59.